The van der Waals surface area contributed by atoms with Crippen molar-refractivity contribution in [1.82, 2.24) is 9.80 Å². The van der Waals surface area contributed by atoms with Crippen LogP contribution < -0.4 is 0 Å². The van der Waals surface area contributed by atoms with E-state index in [-0.39, 0.29) is 0 Å². The summed E-state index contributed by atoms with van der Waals surface area (Å²) in [5.41, 5.74) is 0. The fourth-order valence-electron chi connectivity index (χ4n) is 2.86. The number of hydrogen-bond donors (Lipinski definition) is 0. The smallest absolute Gasteiger partial charge is 0.0163 e. The van der Waals surface area contributed by atoms with Crippen LogP contribution in [0.15, 0.2) is 0 Å². The van der Waals surface area contributed by atoms with Crippen molar-refractivity contribution in [3.63, 3.8) is 0 Å². The van der Waals surface area contributed by atoms with Crippen LogP contribution in [0, 0.1) is 5.92 Å². The number of piperidine rings is 1. The standard InChI is InChI=1S/C11H22N2/c1-4-12-6-5-11-10(7-12)8-13(11)9(2)3/h9-11H,4-8H2,1-3H3. The molecular formula is C11H22N2. The molecule has 76 valence electrons. The number of nitrogens with zero attached hydrogens (tertiary/aromatic N) is 2. The van der Waals surface area contributed by atoms with E-state index in [9.17, 15) is 0 Å². The van der Waals surface area contributed by atoms with E-state index in [1.807, 2.05) is 0 Å². The van der Waals surface area contributed by atoms with Gasteiger partial charge in [-0.1, -0.05) is 6.92 Å². The van der Waals surface area contributed by atoms with Crippen molar-refractivity contribution in [1.29, 1.82) is 0 Å². The first-order chi connectivity index (χ1) is 6.22. The SMILES string of the molecule is CCN1CCC2C(C1)CN2C(C)C. The van der Waals surface area contributed by atoms with E-state index in [0.717, 1.165) is 18.0 Å². The summed E-state index contributed by atoms with van der Waals surface area (Å²) in [6.07, 6.45) is 1.40. The van der Waals surface area contributed by atoms with Gasteiger partial charge in [-0.25, -0.2) is 0 Å². The molecule has 13 heavy (non-hydrogen) atoms. The maximum atomic E-state index is 2.66. The van der Waals surface area contributed by atoms with Crippen LogP contribution in [0.25, 0.3) is 0 Å². The van der Waals surface area contributed by atoms with Gasteiger partial charge in [0.15, 0.2) is 0 Å². The molecule has 2 aliphatic rings. The Kier molecular flexibility index (Phi) is 2.61. The van der Waals surface area contributed by atoms with Crippen LogP contribution >= 0.6 is 0 Å². The summed E-state index contributed by atoms with van der Waals surface area (Å²) in [7, 11) is 0. The molecule has 2 heteroatoms. The van der Waals surface area contributed by atoms with E-state index in [1.54, 1.807) is 0 Å². The van der Waals surface area contributed by atoms with Crippen LogP contribution in [0.1, 0.15) is 27.2 Å². The average molecular weight is 182 g/mol. The Labute approximate surface area is 81.9 Å². The molecule has 2 saturated heterocycles. The van der Waals surface area contributed by atoms with Gasteiger partial charge in [-0.2, -0.15) is 0 Å². The van der Waals surface area contributed by atoms with Gasteiger partial charge in [0.2, 0.25) is 0 Å². The first kappa shape index (κ1) is 9.47. The lowest BCUT2D eigenvalue weighted by Crippen LogP contribution is -2.65. The lowest BCUT2D eigenvalue weighted by atomic mass is 9.81. The van der Waals surface area contributed by atoms with E-state index < -0.39 is 0 Å². The molecule has 2 nitrogen and oxygen atoms in total. The van der Waals surface area contributed by atoms with Crippen LogP contribution in [0.2, 0.25) is 0 Å². The minimum Gasteiger partial charge on any atom is -0.303 e. The van der Waals surface area contributed by atoms with Crippen LogP contribution in [0.4, 0.5) is 0 Å². The van der Waals surface area contributed by atoms with Gasteiger partial charge in [0.25, 0.3) is 0 Å². The molecule has 0 saturated carbocycles. The first-order valence-electron chi connectivity index (χ1n) is 5.70. The highest BCUT2D eigenvalue weighted by Gasteiger charge is 2.42. The summed E-state index contributed by atoms with van der Waals surface area (Å²) in [4.78, 5) is 5.26. The van der Waals surface area contributed by atoms with E-state index in [0.29, 0.717) is 0 Å². The fraction of sp³-hybridized carbons (Fsp3) is 1.00. The molecule has 0 bridgehead atoms. The summed E-state index contributed by atoms with van der Waals surface area (Å²) in [5.74, 6) is 0.982. The van der Waals surface area contributed by atoms with Crippen molar-refractivity contribution < 1.29 is 0 Å². The third kappa shape index (κ3) is 1.62. The second-order valence-electron chi connectivity index (χ2n) is 4.80. The molecule has 0 aromatic heterocycles. The Morgan fingerprint density at radius 2 is 2.08 bits per heavy atom. The van der Waals surface area contributed by atoms with E-state index in [4.69, 9.17) is 0 Å². The summed E-state index contributed by atoms with van der Waals surface area (Å²) < 4.78 is 0. The molecule has 0 aromatic carbocycles. The molecular weight excluding hydrogens is 160 g/mol. The second-order valence-corrected chi connectivity index (χ2v) is 4.80. The zero-order valence-corrected chi connectivity index (χ0v) is 9.16. The quantitative estimate of drug-likeness (QED) is 0.637. The Bertz CT molecular complexity index is 179. The first-order valence-corrected chi connectivity index (χ1v) is 5.70. The lowest BCUT2D eigenvalue weighted by Gasteiger charge is -2.55. The van der Waals surface area contributed by atoms with Gasteiger partial charge >= 0.3 is 0 Å². The lowest BCUT2D eigenvalue weighted by molar-refractivity contribution is -0.0603. The molecule has 2 heterocycles. The van der Waals surface area contributed by atoms with E-state index in [2.05, 4.69) is 30.6 Å². The highest BCUT2D eigenvalue weighted by Crippen LogP contribution is 2.33. The summed E-state index contributed by atoms with van der Waals surface area (Å²) in [6, 6.07) is 1.68. The normalized spacial score (nSPS) is 36.0. The number of hydrogen-bond acceptors (Lipinski definition) is 2. The maximum absolute atomic E-state index is 2.66. The Morgan fingerprint density at radius 1 is 1.31 bits per heavy atom. The molecule has 2 unspecified atom stereocenters. The van der Waals surface area contributed by atoms with Gasteiger partial charge in [0.1, 0.15) is 0 Å². The van der Waals surface area contributed by atoms with Crippen molar-refractivity contribution in [3.05, 3.63) is 0 Å². The van der Waals surface area contributed by atoms with Gasteiger partial charge in [0, 0.05) is 25.2 Å². The third-order valence-electron chi connectivity index (χ3n) is 3.76. The topological polar surface area (TPSA) is 6.48 Å². The summed E-state index contributed by atoms with van der Waals surface area (Å²) in [5, 5.41) is 0. The molecule has 0 radical (unpaired) electrons. The molecule has 2 aliphatic heterocycles. The molecule has 2 rings (SSSR count). The summed E-state index contributed by atoms with van der Waals surface area (Å²) >= 11 is 0. The van der Waals surface area contributed by atoms with Gasteiger partial charge in [-0.3, -0.25) is 4.90 Å². The van der Waals surface area contributed by atoms with Crippen molar-refractivity contribution >= 4 is 0 Å². The minimum absolute atomic E-state index is 0.759. The molecule has 0 aliphatic carbocycles. The average Bonchev–Trinajstić information content (AvgIpc) is 2.06. The highest BCUT2D eigenvalue weighted by atomic mass is 15.3. The monoisotopic (exact) mass is 182 g/mol. The minimum atomic E-state index is 0.759. The van der Waals surface area contributed by atoms with Crippen molar-refractivity contribution in [2.24, 2.45) is 5.92 Å². The van der Waals surface area contributed by atoms with Crippen LogP contribution in [0.3, 0.4) is 0 Å². The summed E-state index contributed by atoms with van der Waals surface area (Å²) in [6.45, 7) is 12.2. The van der Waals surface area contributed by atoms with E-state index >= 15 is 0 Å². The van der Waals surface area contributed by atoms with Crippen molar-refractivity contribution in [2.75, 3.05) is 26.2 Å². The molecule has 2 atom stereocenters. The third-order valence-corrected chi connectivity index (χ3v) is 3.76. The molecule has 0 amide bonds. The molecule has 0 N–H and O–H groups in total. The second kappa shape index (κ2) is 3.58. The molecule has 0 aromatic rings. The van der Waals surface area contributed by atoms with Gasteiger partial charge in [-0.15, -0.1) is 0 Å². The Morgan fingerprint density at radius 3 is 2.62 bits per heavy atom. The van der Waals surface area contributed by atoms with Gasteiger partial charge in [-0.05, 0) is 39.3 Å². The van der Waals surface area contributed by atoms with Crippen molar-refractivity contribution in [2.45, 2.75) is 39.3 Å². The largest absolute Gasteiger partial charge is 0.303 e. The molecule has 0 spiro atoms. The van der Waals surface area contributed by atoms with Crippen LogP contribution in [0.5, 0.6) is 0 Å². The fourth-order valence-corrected chi connectivity index (χ4v) is 2.86. The maximum Gasteiger partial charge on any atom is 0.0163 e. The highest BCUT2D eigenvalue weighted by molar-refractivity contribution is 4.97. The molecule has 2 fully saturated rings. The van der Waals surface area contributed by atoms with E-state index in [1.165, 1.54) is 32.6 Å². The number of likely N-dealkylation sites (tertiary alicyclic amines) is 2. The number of rotatable bonds is 2. The predicted molar refractivity (Wildman–Crippen MR) is 55.9 cm³/mol. The Balaban J connectivity index is 1.86. The van der Waals surface area contributed by atoms with Gasteiger partial charge < -0.3 is 4.90 Å². The van der Waals surface area contributed by atoms with Crippen LogP contribution in [-0.4, -0.2) is 48.1 Å². The predicted octanol–water partition coefficient (Wildman–Crippen LogP) is 1.42. The number of fused-ring (bicyclic) bond motifs is 1. The zero-order chi connectivity index (χ0) is 9.42. The Hall–Kier alpha value is -0.0800. The van der Waals surface area contributed by atoms with Crippen LogP contribution in [-0.2, 0) is 0 Å². The zero-order valence-electron chi connectivity index (χ0n) is 9.16. The van der Waals surface area contributed by atoms with Crippen molar-refractivity contribution in [3.8, 4) is 0 Å². The van der Waals surface area contributed by atoms with Gasteiger partial charge in [0.05, 0.1) is 0 Å².